The molecular formula is C12H14N2O2. The molecule has 1 aromatic carbocycles. The van der Waals surface area contributed by atoms with Gasteiger partial charge in [0.15, 0.2) is 0 Å². The van der Waals surface area contributed by atoms with Crippen LogP contribution >= 0.6 is 0 Å². The Bertz CT molecular complexity index is 399. The summed E-state index contributed by atoms with van der Waals surface area (Å²) in [5.74, 6) is 0. The number of benzene rings is 1. The second-order valence-corrected chi connectivity index (χ2v) is 4.40. The smallest absolute Gasteiger partial charge is 0.415 e. The minimum atomic E-state index is -0.299. The van der Waals surface area contributed by atoms with Crippen LogP contribution in [0.2, 0.25) is 0 Å². The fourth-order valence-corrected chi connectivity index (χ4v) is 2.37. The van der Waals surface area contributed by atoms with E-state index in [1.54, 1.807) is 4.90 Å². The molecule has 2 fully saturated rings. The number of rotatable bonds is 1. The van der Waals surface area contributed by atoms with E-state index < -0.39 is 0 Å². The van der Waals surface area contributed by atoms with Gasteiger partial charge in [0.1, 0.15) is 5.60 Å². The highest BCUT2D eigenvalue weighted by atomic mass is 16.6. The molecule has 84 valence electrons. The van der Waals surface area contributed by atoms with Gasteiger partial charge in [0.2, 0.25) is 0 Å². The van der Waals surface area contributed by atoms with E-state index in [2.05, 4.69) is 5.32 Å². The SMILES string of the molecule is O=C1O[C@@]2(CCNC2)CN1c1ccccc1. The second kappa shape index (κ2) is 3.49. The number of para-hydroxylation sites is 1. The Morgan fingerprint density at radius 1 is 1.31 bits per heavy atom. The standard InChI is InChI=1S/C12H14N2O2/c15-11-14(10-4-2-1-3-5-10)9-12(16-11)6-7-13-8-12/h1-5,13H,6-9H2/t12-/m1/s1. The number of carbonyl (C=O) groups excluding carboxylic acids is 1. The van der Waals surface area contributed by atoms with Crippen LogP contribution in [0, 0.1) is 0 Å². The first-order valence-corrected chi connectivity index (χ1v) is 5.55. The van der Waals surface area contributed by atoms with Crippen molar-refractivity contribution in [1.29, 1.82) is 0 Å². The molecule has 0 saturated carbocycles. The summed E-state index contributed by atoms with van der Waals surface area (Å²) in [6.45, 7) is 2.35. The van der Waals surface area contributed by atoms with Gasteiger partial charge >= 0.3 is 6.09 Å². The van der Waals surface area contributed by atoms with Crippen LogP contribution in [0.1, 0.15) is 6.42 Å². The van der Waals surface area contributed by atoms with Crippen molar-refractivity contribution < 1.29 is 9.53 Å². The summed E-state index contributed by atoms with van der Waals surface area (Å²) in [7, 11) is 0. The van der Waals surface area contributed by atoms with E-state index in [0.29, 0.717) is 6.54 Å². The third kappa shape index (κ3) is 1.46. The molecule has 2 saturated heterocycles. The molecule has 1 amide bonds. The maximum Gasteiger partial charge on any atom is 0.415 e. The van der Waals surface area contributed by atoms with Gasteiger partial charge in [0.25, 0.3) is 0 Å². The summed E-state index contributed by atoms with van der Waals surface area (Å²) in [5, 5.41) is 3.24. The first-order valence-electron chi connectivity index (χ1n) is 5.55. The Morgan fingerprint density at radius 2 is 2.12 bits per heavy atom. The van der Waals surface area contributed by atoms with Crippen LogP contribution < -0.4 is 10.2 Å². The zero-order chi connectivity index (χ0) is 11.0. The summed E-state index contributed by atoms with van der Waals surface area (Å²) in [5.41, 5.74) is 0.615. The van der Waals surface area contributed by atoms with Crippen molar-refractivity contribution in [1.82, 2.24) is 5.32 Å². The van der Waals surface area contributed by atoms with Crippen molar-refractivity contribution in [3.8, 4) is 0 Å². The van der Waals surface area contributed by atoms with E-state index >= 15 is 0 Å². The van der Waals surface area contributed by atoms with Crippen LogP contribution in [0.15, 0.2) is 30.3 Å². The van der Waals surface area contributed by atoms with E-state index in [0.717, 1.165) is 25.2 Å². The monoisotopic (exact) mass is 218 g/mol. The van der Waals surface area contributed by atoms with Gasteiger partial charge in [-0.3, -0.25) is 4.90 Å². The molecule has 4 nitrogen and oxygen atoms in total. The number of carbonyl (C=O) groups is 1. The number of hydrogen-bond acceptors (Lipinski definition) is 3. The number of hydrogen-bond donors (Lipinski definition) is 1. The van der Waals surface area contributed by atoms with E-state index in [-0.39, 0.29) is 11.7 Å². The van der Waals surface area contributed by atoms with Crippen LogP contribution in [-0.4, -0.2) is 31.3 Å². The molecule has 1 aromatic rings. The highest BCUT2D eigenvalue weighted by Gasteiger charge is 2.47. The van der Waals surface area contributed by atoms with Crippen LogP contribution in [0.25, 0.3) is 0 Å². The lowest BCUT2D eigenvalue weighted by molar-refractivity contribution is 0.0733. The fourth-order valence-electron chi connectivity index (χ4n) is 2.37. The second-order valence-electron chi connectivity index (χ2n) is 4.40. The predicted molar refractivity (Wildman–Crippen MR) is 60.5 cm³/mol. The lowest BCUT2D eigenvalue weighted by Gasteiger charge is -2.19. The summed E-state index contributed by atoms with van der Waals surface area (Å²) in [6.07, 6.45) is 0.678. The first-order chi connectivity index (χ1) is 7.79. The third-order valence-electron chi connectivity index (χ3n) is 3.24. The van der Waals surface area contributed by atoms with E-state index in [4.69, 9.17) is 4.74 Å². The quantitative estimate of drug-likeness (QED) is 0.774. The number of ether oxygens (including phenoxy) is 1. The molecule has 0 bridgehead atoms. The average Bonchev–Trinajstić information content (AvgIpc) is 2.88. The van der Waals surface area contributed by atoms with Crippen molar-refractivity contribution in [2.24, 2.45) is 0 Å². The van der Waals surface area contributed by atoms with Crippen molar-refractivity contribution in [3.63, 3.8) is 0 Å². The molecule has 1 N–H and O–H groups in total. The Hall–Kier alpha value is -1.55. The average molecular weight is 218 g/mol. The highest BCUT2D eigenvalue weighted by Crippen LogP contribution is 2.31. The highest BCUT2D eigenvalue weighted by molar-refractivity contribution is 5.90. The molecular weight excluding hydrogens is 204 g/mol. The lowest BCUT2D eigenvalue weighted by atomic mass is 10.0. The summed E-state index contributed by atoms with van der Waals surface area (Å²) >= 11 is 0. The molecule has 4 heteroatoms. The summed E-state index contributed by atoms with van der Waals surface area (Å²) in [6, 6.07) is 9.67. The van der Waals surface area contributed by atoms with Gasteiger partial charge in [-0.25, -0.2) is 4.79 Å². The normalized spacial score (nSPS) is 28.8. The predicted octanol–water partition coefficient (Wildman–Crippen LogP) is 1.38. The molecule has 2 aliphatic rings. The van der Waals surface area contributed by atoms with Crippen LogP contribution in [0.3, 0.4) is 0 Å². The van der Waals surface area contributed by atoms with Gasteiger partial charge in [-0.1, -0.05) is 18.2 Å². The fraction of sp³-hybridized carbons (Fsp3) is 0.417. The molecule has 1 spiro atoms. The lowest BCUT2D eigenvalue weighted by Crippen LogP contribution is -2.36. The van der Waals surface area contributed by atoms with E-state index in [1.165, 1.54) is 0 Å². The van der Waals surface area contributed by atoms with Gasteiger partial charge in [0.05, 0.1) is 6.54 Å². The molecule has 1 atom stereocenters. The maximum absolute atomic E-state index is 11.8. The van der Waals surface area contributed by atoms with E-state index in [1.807, 2.05) is 30.3 Å². The molecule has 0 aliphatic carbocycles. The van der Waals surface area contributed by atoms with Gasteiger partial charge in [0, 0.05) is 18.7 Å². The molecule has 0 unspecified atom stereocenters. The van der Waals surface area contributed by atoms with Crippen LogP contribution in [-0.2, 0) is 4.74 Å². The Kier molecular flexibility index (Phi) is 2.11. The minimum absolute atomic E-state index is 0.227. The zero-order valence-corrected chi connectivity index (χ0v) is 8.98. The van der Waals surface area contributed by atoms with Gasteiger partial charge < -0.3 is 10.1 Å². The Labute approximate surface area is 94.2 Å². The van der Waals surface area contributed by atoms with Crippen LogP contribution in [0.5, 0.6) is 0 Å². The topological polar surface area (TPSA) is 41.6 Å². The molecule has 0 radical (unpaired) electrons. The number of nitrogens with zero attached hydrogens (tertiary/aromatic N) is 1. The van der Waals surface area contributed by atoms with Crippen molar-refractivity contribution in [2.75, 3.05) is 24.5 Å². The molecule has 2 heterocycles. The first kappa shape index (κ1) is 9.66. The van der Waals surface area contributed by atoms with Crippen molar-refractivity contribution >= 4 is 11.8 Å². The Balaban J connectivity index is 1.86. The zero-order valence-electron chi connectivity index (χ0n) is 8.98. The van der Waals surface area contributed by atoms with Crippen molar-refractivity contribution in [2.45, 2.75) is 12.0 Å². The number of amides is 1. The van der Waals surface area contributed by atoms with E-state index in [9.17, 15) is 4.79 Å². The van der Waals surface area contributed by atoms with Gasteiger partial charge in [-0.05, 0) is 18.7 Å². The van der Waals surface area contributed by atoms with Gasteiger partial charge in [-0.15, -0.1) is 0 Å². The number of anilines is 1. The summed E-state index contributed by atoms with van der Waals surface area (Å²) < 4.78 is 5.50. The minimum Gasteiger partial charge on any atom is -0.439 e. The maximum atomic E-state index is 11.8. The largest absolute Gasteiger partial charge is 0.439 e. The van der Waals surface area contributed by atoms with Gasteiger partial charge in [-0.2, -0.15) is 0 Å². The third-order valence-corrected chi connectivity index (χ3v) is 3.24. The summed E-state index contributed by atoms with van der Waals surface area (Å²) in [4.78, 5) is 13.5. The Morgan fingerprint density at radius 3 is 2.81 bits per heavy atom. The molecule has 3 rings (SSSR count). The molecule has 16 heavy (non-hydrogen) atoms. The molecule has 2 aliphatic heterocycles. The molecule has 0 aromatic heterocycles. The van der Waals surface area contributed by atoms with Crippen LogP contribution in [0.4, 0.5) is 10.5 Å². The van der Waals surface area contributed by atoms with Crippen molar-refractivity contribution in [3.05, 3.63) is 30.3 Å². The number of nitrogens with one attached hydrogen (secondary N) is 1.